The Morgan fingerprint density at radius 3 is 2.14 bits per heavy atom. The van der Waals surface area contributed by atoms with Crippen LogP contribution in [0.4, 0.5) is 5.69 Å². The first kappa shape index (κ1) is 15.5. The van der Waals surface area contributed by atoms with Crippen molar-refractivity contribution >= 4 is 17.4 Å². The predicted molar refractivity (Wildman–Crippen MR) is 86.3 cm³/mol. The topological polar surface area (TPSA) is 66.4 Å². The zero-order chi connectivity index (χ0) is 15.9. The van der Waals surface area contributed by atoms with E-state index in [1.165, 1.54) is 23.8 Å². The van der Waals surface area contributed by atoms with Crippen molar-refractivity contribution in [3.63, 3.8) is 0 Å². The minimum atomic E-state index is -0.965. The van der Waals surface area contributed by atoms with Gasteiger partial charge in [-0.1, -0.05) is 31.2 Å². The lowest BCUT2D eigenvalue weighted by atomic mass is 10.1. The van der Waals surface area contributed by atoms with Crippen LogP contribution in [0.3, 0.4) is 0 Å². The number of rotatable bonds is 6. The van der Waals surface area contributed by atoms with E-state index in [0.717, 1.165) is 12.1 Å². The summed E-state index contributed by atoms with van der Waals surface area (Å²) in [6, 6.07) is 13.8. The first-order valence-corrected chi connectivity index (χ1v) is 7.00. The van der Waals surface area contributed by atoms with E-state index in [1.807, 2.05) is 24.3 Å². The average Bonchev–Trinajstić information content (AvgIpc) is 2.55. The molecule has 2 aromatic carbocycles. The highest BCUT2D eigenvalue weighted by atomic mass is 16.4. The van der Waals surface area contributed by atoms with Crippen molar-refractivity contribution in [1.29, 1.82) is 0 Å². The van der Waals surface area contributed by atoms with Gasteiger partial charge < -0.3 is 10.4 Å². The van der Waals surface area contributed by atoms with Gasteiger partial charge >= 0.3 is 5.97 Å². The van der Waals surface area contributed by atoms with E-state index < -0.39 is 5.97 Å². The molecular formula is C18H17NO3. The lowest BCUT2D eigenvalue weighted by Crippen LogP contribution is -1.98. The van der Waals surface area contributed by atoms with Gasteiger partial charge in [0, 0.05) is 23.5 Å². The fraction of sp³-hybridized carbons (Fsp3) is 0.111. The van der Waals surface area contributed by atoms with Gasteiger partial charge in [0.1, 0.15) is 0 Å². The summed E-state index contributed by atoms with van der Waals surface area (Å²) in [5, 5.41) is 11.7. The Labute approximate surface area is 129 Å². The van der Waals surface area contributed by atoms with Gasteiger partial charge in [-0.25, -0.2) is 4.79 Å². The van der Waals surface area contributed by atoms with Crippen LogP contribution < -0.4 is 5.32 Å². The van der Waals surface area contributed by atoms with Crippen LogP contribution in [0.25, 0.3) is 0 Å². The fourth-order valence-electron chi connectivity index (χ4n) is 1.92. The number of hydrogen-bond acceptors (Lipinski definition) is 3. The van der Waals surface area contributed by atoms with E-state index in [0.29, 0.717) is 5.56 Å². The Balaban J connectivity index is 1.96. The maximum absolute atomic E-state index is 12.0. The summed E-state index contributed by atoms with van der Waals surface area (Å²) in [4.78, 5) is 22.7. The minimum Gasteiger partial charge on any atom is -0.478 e. The third kappa shape index (κ3) is 4.06. The van der Waals surface area contributed by atoms with Crippen LogP contribution in [0.1, 0.15) is 33.2 Å². The molecule has 0 bridgehead atoms. The number of carbonyl (C=O) groups is 2. The molecule has 2 rings (SSSR count). The number of anilines is 1. The molecule has 0 fully saturated rings. The third-order valence-electron chi connectivity index (χ3n) is 3.26. The Hall–Kier alpha value is -2.88. The summed E-state index contributed by atoms with van der Waals surface area (Å²) in [7, 11) is 0. The number of carboxylic acids is 1. The number of ketones is 1. The van der Waals surface area contributed by atoms with Gasteiger partial charge in [0.25, 0.3) is 0 Å². The zero-order valence-corrected chi connectivity index (χ0v) is 12.2. The first-order chi connectivity index (χ1) is 10.6. The van der Waals surface area contributed by atoms with Crippen molar-refractivity contribution in [3.8, 4) is 0 Å². The van der Waals surface area contributed by atoms with Crippen LogP contribution >= 0.6 is 0 Å². The second kappa shape index (κ2) is 7.22. The van der Waals surface area contributed by atoms with E-state index in [2.05, 4.69) is 12.2 Å². The van der Waals surface area contributed by atoms with Crippen LogP contribution in [-0.2, 0) is 6.42 Å². The Morgan fingerprint density at radius 2 is 1.59 bits per heavy atom. The lowest BCUT2D eigenvalue weighted by molar-refractivity contribution is 0.0696. The van der Waals surface area contributed by atoms with Crippen LogP contribution in [-0.4, -0.2) is 16.9 Å². The molecule has 2 aromatic rings. The second-order valence-corrected chi connectivity index (χ2v) is 4.77. The number of aryl methyl sites for hydroxylation is 1. The summed E-state index contributed by atoms with van der Waals surface area (Å²) in [5.74, 6) is -1.05. The van der Waals surface area contributed by atoms with Crippen molar-refractivity contribution in [3.05, 3.63) is 77.5 Å². The van der Waals surface area contributed by atoms with Gasteiger partial charge in [0.05, 0.1) is 5.56 Å². The fourth-order valence-corrected chi connectivity index (χ4v) is 1.92. The molecule has 0 spiro atoms. The van der Waals surface area contributed by atoms with Gasteiger partial charge in [-0.2, -0.15) is 0 Å². The number of carbonyl (C=O) groups excluding carboxylic acids is 1. The monoisotopic (exact) mass is 295 g/mol. The second-order valence-electron chi connectivity index (χ2n) is 4.77. The molecule has 0 aliphatic rings. The number of benzene rings is 2. The molecule has 0 heterocycles. The molecule has 0 unspecified atom stereocenters. The Kier molecular flexibility index (Phi) is 5.09. The molecule has 0 aromatic heterocycles. The van der Waals surface area contributed by atoms with Crippen molar-refractivity contribution < 1.29 is 14.7 Å². The maximum Gasteiger partial charge on any atom is 0.335 e. The zero-order valence-electron chi connectivity index (χ0n) is 12.2. The van der Waals surface area contributed by atoms with E-state index >= 15 is 0 Å². The van der Waals surface area contributed by atoms with Gasteiger partial charge in [-0.05, 0) is 36.2 Å². The molecule has 0 saturated carbocycles. The maximum atomic E-state index is 12.0. The van der Waals surface area contributed by atoms with E-state index in [1.54, 1.807) is 18.3 Å². The van der Waals surface area contributed by atoms with E-state index in [4.69, 9.17) is 5.11 Å². The molecule has 22 heavy (non-hydrogen) atoms. The number of allylic oxidation sites excluding steroid dienone is 1. The molecule has 4 heteroatoms. The number of nitrogens with one attached hydrogen (secondary N) is 1. The third-order valence-corrected chi connectivity index (χ3v) is 3.26. The van der Waals surface area contributed by atoms with E-state index in [9.17, 15) is 9.59 Å². The molecule has 112 valence electrons. The van der Waals surface area contributed by atoms with Crippen LogP contribution in [0.15, 0.2) is 60.8 Å². The smallest absolute Gasteiger partial charge is 0.335 e. The Bertz CT molecular complexity index is 685. The molecule has 2 N–H and O–H groups in total. The van der Waals surface area contributed by atoms with Gasteiger partial charge in [-0.3, -0.25) is 4.79 Å². The molecule has 0 radical (unpaired) electrons. The molecule has 0 atom stereocenters. The minimum absolute atomic E-state index is 0.0858. The summed E-state index contributed by atoms with van der Waals surface area (Å²) < 4.78 is 0. The van der Waals surface area contributed by atoms with Gasteiger partial charge in [-0.15, -0.1) is 0 Å². The SMILES string of the molecule is CCc1ccc(C(=O)C=CNc2ccc(C(=O)O)cc2)cc1. The summed E-state index contributed by atoms with van der Waals surface area (Å²) >= 11 is 0. The van der Waals surface area contributed by atoms with Crippen LogP contribution in [0.5, 0.6) is 0 Å². The van der Waals surface area contributed by atoms with Crippen molar-refractivity contribution in [2.75, 3.05) is 5.32 Å². The van der Waals surface area contributed by atoms with Crippen LogP contribution in [0, 0.1) is 0 Å². The normalized spacial score (nSPS) is 10.6. The summed E-state index contributed by atoms with van der Waals surface area (Å²) in [6.45, 7) is 2.07. The van der Waals surface area contributed by atoms with Gasteiger partial charge in [0.15, 0.2) is 5.78 Å². The molecule has 0 amide bonds. The number of hydrogen-bond donors (Lipinski definition) is 2. The first-order valence-electron chi connectivity index (χ1n) is 7.00. The van der Waals surface area contributed by atoms with Crippen molar-refractivity contribution in [1.82, 2.24) is 0 Å². The lowest BCUT2D eigenvalue weighted by Gasteiger charge is -2.01. The molecular weight excluding hydrogens is 278 g/mol. The largest absolute Gasteiger partial charge is 0.478 e. The van der Waals surface area contributed by atoms with Crippen LogP contribution in [0.2, 0.25) is 0 Å². The highest BCUT2D eigenvalue weighted by Gasteiger charge is 2.02. The quantitative estimate of drug-likeness (QED) is 0.629. The van der Waals surface area contributed by atoms with Crippen molar-refractivity contribution in [2.45, 2.75) is 13.3 Å². The molecule has 0 aliphatic carbocycles. The van der Waals surface area contributed by atoms with Crippen molar-refractivity contribution in [2.24, 2.45) is 0 Å². The standard InChI is InChI=1S/C18H17NO3/c1-2-13-3-5-14(6-4-13)17(20)11-12-19-16-9-7-15(8-10-16)18(21)22/h3-12,19H,2H2,1H3,(H,21,22). The number of carboxylic acid groups (broad SMARTS) is 1. The molecule has 0 aliphatic heterocycles. The average molecular weight is 295 g/mol. The highest BCUT2D eigenvalue weighted by molar-refractivity contribution is 6.04. The number of aromatic carboxylic acids is 1. The summed E-state index contributed by atoms with van der Waals surface area (Å²) in [6.07, 6.45) is 3.94. The predicted octanol–water partition coefficient (Wildman–Crippen LogP) is 3.76. The molecule has 4 nitrogen and oxygen atoms in total. The van der Waals surface area contributed by atoms with Gasteiger partial charge in [0.2, 0.25) is 0 Å². The van der Waals surface area contributed by atoms with E-state index in [-0.39, 0.29) is 11.3 Å². The highest BCUT2D eigenvalue weighted by Crippen LogP contribution is 2.10. The Morgan fingerprint density at radius 1 is 1.00 bits per heavy atom. The summed E-state index contributed by atoms with van der Waals surface area (Å²) in [5.41, 5.74) is 2.77. The molecule has 0 saturated heterocycles.